The Morgan fingerprint density at radius 3 is 2.32 bits per heavy atom. The molecular formula is C15H19NO3. The van der Waals surface area contributed by atoms with Crippen LogP contribution in [0.1, 0.15) is 36.5 Å². The van der Waals surface area contributed by atoms with Gasteiger partial charge in [-0.1, -0.05) is 6.92 Å². The van der Waals surface area contributed by atoms with E-state index in [1.807, 2.05) is 12.1 Å². The SMILES string of the molecule is CC(CC(=O)O)C(=O)c1ccc(N2CCCC2)cc1. The fourth-order valence-electron chi connectivity index (χ4n) is 2.45. The van der Waals surface area contributed by atoms with Gasteiger partial charge in [-0.25, -0.2) is 0 Å². The first-order valence-electron chi connectivity index (χ1n) is 6.69. The van der Waals surface area contributed by atoms with Crippen molar-refractivity contribution in [2.75, 3.05) is 18.0 Å². The standard InChI is InChI=1S/C15H19NO3/c1-11(10-14(17)18)15(19)12-4-6-13(7-5-12)16-8-2-3-9-16/h4-7,11H,2-3,8-10H2,1H3,(H,17,18). The first-order chi connectivity index (χ1) is 9.08. The number of benzene rings is 1. The van der Waals surface area contributed by atoms with Crippen molar-refractivity contribution in [3.05, 3.63) is 29.8 Å². The molecule has 4 nitrogen and oxygen atoms in total. The van der Waals surface area contributed by atoms with E-state index in [1.54, 1.807) is 19.1 Å². The minimum Gasteiger partial charge on any atom is -0.481 e. The number of carboxylic acid groups (broad SMARTS) is 1. The van der Waals surface area contributed by atoms with E-state index < -0.39 is 11.9 Å². The summed E-state index contributed by atoms with van der Waals surface area (Å²) < 4.78 is 0. The molecule has 4 heteroatoms. The largest absolute Gasteiger partial charge is 0.481 e. The van der Waals surface area contributed by atoms with Crippen LogP contribution in [-0.4, -0.2) is 29.9 Å². The van der Waals surface area contributed by atoms with Gasteiger partial charge in [-0.3, -0.25) is 9.59 Å². The van der Waals surface area contributed by atoms with Crippen molar-refractivity contribution < 1.29 is 14.7 Å². The van der Waals surface area contributed by atoms with Crippen molar-refractivity contribution in [3.63, 3.8) is 0 Å². The lowest BCUT2D eigenvalue weighted by atomic mass is 9.96. The Morgan fingerprint density at radius 1 is 1.21 bits per heavy atom. The average molecular weight is 261 g/mol. The lowest BCUT2D eigenvalue weighted by Gasteiger charge is -2.18. The predicted octanol–water partition coefficient (Wildman–Crippen LogP) is 2.58. The zero-order valence-electron chi connectivity index (χ0n) is 11.1. The molecule has 1 aromatic carbocycles. The summed E-state index contributed by atoms with van der Waals surface area (Å²) in [5, 5.41) is 8.71. The number of carbonyl (C=O) groups excluding carboxylic acids is 1. The maximum atomic E-state index is 12.0. The Hall–Kier alpha value is -1.84. The highest BCUT2D eigenvalue weighted by atomic mass is 16.4. The van der Waals surface area contributed by atoms with Crippen LogP contribution in [0.15, 0.2) is 24.3 Å². The molecule has 0 bridgehead atoms. The number of carbonyl (C=O) groups is 2. The van der Waals surface area contributed by atoms with Crippen LogP contribution in [0.25, 0.3) is 0 Å². The summed E-state index contributed by atoms with van der Waals surface area (Å²) in [6.07, 6.45) is 2.32. The Labute approximate surface area is 113 Å². The molecule has 1 aliphatic rings. The minimum atomic E-state index is -0.936. The number of ketones is 1. The van der Waals surface area contributed by atoms with Crippen molar-refractivity contribution in [1.29, 1.82) is 0 Å². The van der Waals surface area contributed by atoms with Gasteiger partial charge >= 0.3 is 5.97 Å². The molecule has 102 valence electrons. The molecule has 1 fully saturated rings. The maximum absolute atomic E-state index is 12.0. The van der Waals surface area contributed by atoms with Gasteiger partial charge in [0.05, 0.1) is 6.42 Å². The molecule has 0 aliphatic carbocycles. The van der Waals surface area contributed by atoms with Crippen molar-refractivity contribution in [1.82, 2.24) is 0 Å². The number of carboxylic acids is 1. The second-order valence-corrected chi connectivity index (χ2v) is 5.10. The number of hydrogen-bond donors (Lipinski definition) is 1. The number of hydrogen-bond acceptors (Lipinski definition) is 3. The number of rotatable bonds is 5. The average Bonchev–Trinajstić information content (AvgIpc) is 2.91. The zero-order valence-corrected chi connectivity index (χ0v) is 11.1. The molecule has 19 heavy (non-hydrogen) atoms. The Bertz CT molecular complexity index is 461. The van der Waals surface area contributed by atoms with Crippen molar-refractivity contribution in [3.8, 4) is 0 Å². The fourth-order valence-corrected chi connectivity index (χ4v) is 2.45. The molecule has 0 radical (unpaired) electrons. The third-order valence-corrected chi connectivity index (χ3v) is 3.55. The molecule has 1 aromatic rings. The molecule has 0 saturated carbocycles. The number of aliphatic carboxylic acids is 1. The Morgan fingerprint density at radius 2 is 1.79 bits per heavy atom. The van der Waals surface area contributed by atoms with Gasteiger partial charge in [0.25, 0.3) is 0 Å². The van der Waals surface area contributed by atoms with E-state index in [-0.39, 0.29) is 12.2 Å². The second-order valence-electron chi connectivity index (χ2n) is 5.10. The highest BCUT2D eigenvalue weighted by molar-refractivity contribution is 5.99. The molecule has 0 aromatic heterocycles. The lowest BCUT2D eigenvalue weighted by molar-refractivity contribution is -0.137. The monoisotopic (exact) mass is 261 g/mol. The van der Waals surface area contributed by atoms with Gasteiger partial charge in [0.2, 0.25) is 0 Å². The van der Waals surface area contributed by atoms with Gasteiger partial charge in [0.15, 0.2) is 5.78 Å². The van der Waals surface area contributed by atoms with Crippen LogP contribution in [0.3, 0.4) is 0 Å². The summed E-state index contributed by atoms with van der Waals surface area (Å²) in [5.41, 5.74) is 1.73. The lowest BCUT2D eigenvalue weighted by Crippen LogP contribution is -2.18. The molecule has 0 spiro atoms. The second kappa shape index (κ2) is 5.87. The van der Waals surface area contributed by atoms with E-state index in [0.717, 1.165) is 18.8 Å². The van der Waals surface area contributed by atoms with Crippen LogP contribution in [-0.2, 0) is 4.79 Å². The van der Waals surface area contributed by atoms with E-state index in [2.05, 4.69) is 4.90 Å². The summed E-state index contributed by atoms with van der Waals surface area (Å²) in [6, 6.07) is 7.50. The highest BCUT2D eigenvalue weighted by Crippen LogP contribution is 2.21. The third-order valence-electron chi connectivity index (χ3n) is 3.55. The first-order valence-corrected chi connectivity index (χ1v) is 6.69. The Kier molecular flexibility index (Phi) is 4.20. The van der Waals surface area contributed by atoms with Crippen molar-refractivity contribution >= 4 is 17.4 Å². The summed E-state index contributed by atoms with van der Waals surface area (Å²) in [5.74, 6) is -1.51. The number of Topliss-reactive ketones (excluding diaryl/α,β-unsaturated/α-hetero) is 1. The molecule has 2 rings (SSSR count). The summed E-state index contributed by atoms with van der Waals surface area (Å²) in [6.45, 7) is 3.80. The molecule has 0 amide bonds. The predicted molar refractivity (Wildman–Crippen MR) is 73.6 cm³/mol. The molecule has 1 saturated heterocycles. The molecule has 1 unspecified atom stereocenters. The van der Waals surface area contributed by atoms with Gasteiger partial charge < -0.3 is 10.0 Å². The van der Waals surface area contributed by atoms with Crippen LogP contribution in [0.4, 0.5) is 5.69 Å². The number of anilines is 1. The van der Waals surface area contributed by atoms with E-state index in [9.17, 15) is 9.59 Å². The van der Waals surface area contributed by atoms with Crippen molar-refractivity contribution in [2.45, 2.75) is 26.2 Å². The van der Waals surface area contributed by atoms with E-state index in [1.165, 1.54) is 12.8 Å². The minimum absolute atomic E-state index is 0.102. The first kappa shape index (κ1) is 13.6. The summed E-state index contributed by atoms with van der Waals surface area (Å²) >= 11 is 0. The van der Waals surface area contributed by atoms with Gasteiger partial charge in [0.1, 0.15) is 0 Å². The topological polar surface area (TPSA) is 57.6 Å². The van der Waals surface area contributed by atoms with Crippen LogP contribution in [0.5, 0.6) is 0 Å². The molecule has 1 N–H and O–H groups in total. The van der Waals surface area contributed by atoms with E-state index in [4.69, 9.17) is 5.11 Å². The van der Waals surface area contributed by atoms with E-state index >= 15 is 0 Å². The summed E-state index contributed by atoms with van der Waals surface area (Å²) in [7, 11) is 0. The van der Waals surface area contributed by atoms with Gasteiger partial charge in [0, 0.05) is 30.3 Å². The smallest absolute Gasteiger partial charge is 0.304 e. The third kappa shape index (κ3) is 3.34. The molecular weight excluding hydrogens is 242 g/mol. The molecule has 1 aliphatic heterocycles. The van der Waals surface area contributed by atoms with Crippen LogP contribution < -0.4 is 4.90 Å². The van der Waals surface area contributed by atoms with Crippen LogP contribution in [0, 0.1) is 5.92 Å². The maximum Gasteiger partial charge on any atom is 0.304 e. The zero-order chi connectivity index (χ0) is 13.8. The number of nitrogens with zero attached hydrogens (tertiary/aromatic N) is 1. The van der Waals surface area contributed by atoms with Gasteiger partial charge in [-0.15, -0.1) is 0 Å². The van der Waals surface area contributed by atoms with E-state index in [0.29, 0.717) is 5.56 Å². The molecule has 1 atom stereocenters. The normalized spacial score (nSPS) is 16.4. The Balaban J connectivity index is 2.05. The fraction of sp³-hybridized carbons (Fsp3) is 0.467. The molecule has 1 heterocycles. The highest BCUT2D eigenvalue weighted by Gasteiger charge is 2.19. The van der Waals surface area contributed by atoms with Crippen LogP contribution >= 0.6 is 0 Å². The van der Waals surface area contributed by atoms with Crippen molar-refractivity contribution in [2.24, 2.45) is 5.92 Å². The summed E-state index contributed by atoms with van der Waals surface area (Å²) in [4.78, 5) is 25.0. The quantitative estimate of drug-likeness (QED) is 0.828. The van der Waals surface area contributed by atoms with Gasteiger partial charge in [-0.05, 0) is 37.1 Å². The van der Waals surface area contributed by atoms with Gasteiger partial charge in [-0.2, -0.15) is 0 Å². The van der Waals surface area contributed by atoms with Crippen LogP contribution in [0.2, 0.25) is 0 Å².